The summed E-state index contributed by atoms with van der Waals surface area (Å²) in [6, 6.07) is 6.20. The van der Waals surface area contributed by atoms with Gasteiger partial charge < -0.3 is 20.0 Å². The maximum atomic E-state index is 13.6. The number of piperazine rings is 1. The van der Waals surface area contributed by atoms with Gasteiger partial charge in [0.05, 0.1) is 6.54 Å². The zero-order valence-corrected chi connectivity index (χ0v) is 15.9. The van der Waals surface area contributed by atoms with E-state index in [9.17, 15) is 14.0 Å². The van der Waals surface area contributed by atoms with E-state index in [4.69, 9.17) is 0 Å². The van der Waals surface area contributed by atoms with Crippen LogP contribution in [-0.2, 0) is 15.3 Å². The van der Waals surface area contributed by atoms with E-state index in [-0.39, 0.29) is 35.6 Å². The number of carbonyl (C=O) groups excluding carboxylic acids is 2. The molecule has 0 radical (unpaired) electrons. The molecule has 1 aromatic rings. The van der Waals surface area contributed by atoms with E-state index in [0.717, 1.165) is 5.56 Å². The Morgan fingerprint density at radius 3 is 2.71 bits per heavy atom. The zero-order chi connectivity index (χ0) is 19.6. The summed E-state index contributed by atoms with van der Waals surface area (Å²) in [4.78, 5) is 32.3. The van der Waals surface area contributed by atoms with E-state index >= 15 is 0 Å². The van der Waals surface area contributed by atoms with Crippen LogP contribution in [0.1, 0.15) is 19.4 Å². The molecule has 0 saturated carbocycles. The Labute approximate surface area is 163 Å². The maximum Gasteiger partial charge on any atom is 0.272 e. The summed E-state index contributed by atoms with van der Waals surface area (Å²) in [5.74, 6) is -0.461. The first-order valence-electron chi connectivity index (χ1n) is 9.74. The molecule has 4 aliphatic rings. The number of hydrogen-bond donors (Lipinski definition) is 1. The summed E-state index contributed by atoms with van der Waals surface area (Å²) in [5.41, 5.74) is 0.522. The summed E-state index contributed by atoms with van der Waals surface area (Å²) in [6.07, 6.45) is 5.95. The first-order chi connectivity index (χ1) is 13.4. The standard InChI is InChI=1S/C21H23FN4O2/c1-13(2)19(27)25-9-10-26-20(28)17-11-14-7-8-23-18(14)24(17)12-21(25,26)15-3-5-16(22)6-4-15/h3-8,11,13-14,18,23H,9-10,12H2,1-2H3. The zero-order valence-electron chi connectivity index (χ0n) is 15.9. The molecule has 3 atom stereocenters. The molecule has 1 N–H and O–H groups in total. The van der Waals surface area contributed by atoms with Crippen molar-refractivity contribution in [2.24, 2.45) is 11.8 Å². The molecule has 0 spiro atoms. The van der Waals surface area contributed by atoms with Crippen LogP contribution in [0.2, 0.25) is 0 Å². The number of fused-ring (bicyclic) bond motifs is 4. The molecule has 0 bridgehead atoms. The van der Waals surface area contributed by atoms with Gasteiger partial charge in [-0.3, -0.25) is 9.59 Å². The number of rotatable bonds is 2. The summed E-state index contributed by atoms with van der Waals surface area (Å²) in [6.45, 7) is 5.14. The Hall–Kier alpha value is -2.83. The van der Waals surface area contributed by atoms with Crippen LogP contribution in [0.4, 0.5) is 4.39 Å². The molecule has 0 aliphatic carbocycles. The van der Waals surface area contributed by atoms with E-state index in [2.05, 4.69) is 16.3 Å². The summed E-state index contributed by atoms with van der Waals surface area (Å²) >= 11 is 0. The van der Waals surface area contributed by atoms with E-state index < -0.39 is 5.66 Å². The highest BCUT2D eigenvalue weighted by Gasteiger charge is 2.60. The van der Waals surface area contributed by atoms with Gasteiger partial charge >= 0.3 is 0 Å². The first kappa shape index (κ1) is 17.3. The molecule has 2 fully saturated rings. The normalized spacial score (nSPS) is 30.4. The second-order valence-corrected chi connectivity index (χ2v) is 8.15. The second kappa shape index (κ2) is 5.83. The van der Waals surface area contributed by atoms with Gasteiger partial charge in [-0.2, -0.15) is 0 Å². The van der Waals surface area contributed by atoms with E-state index in [1.165, 1.54) is 12.1 Å². The van der Waals surface area contributed by atoms with Crippen LogP contribution in [-0.4, -0.2) is 52.3 Å². The fraction of sp³-hybridized carbons (Fsp3) is 0.429. The lowest BCUT2D eigenvalue weighted by atomic mass is 9.92. The molecule has 1 aromatic carbocycles. The minimum Gasteiger partial charge on any atom is -0.371 e. The third kappa shape index (κ3) is 2.13. The Morgan fingerprint density at radius 2 is 2.00 bits per heavy atom. The predicted molar refractivity (Wildman–Crippen MR) is 101 cm³/mol. The van der Waals surface area contributed by atoms with Crippen LogP contribution in [0.3, 0.4) is 0 Å². The highest BCUT2D eigenvalue weighted by Crippen LogP contribution is 2.47. The molecule has 0 aromatic heterocycles. The van der Waals surface area contributed by atoms with Gasteiger partial charge in [-0.25, -0.2) is 4.39 Å². The third-order valence-electron chi connectivity index (χ3n) is 6.31. The van der Waals surface area contributed by atoms with Gasteiger partial charge in [0.25, 0.3) is 5.91 Å². The Morgan fingerprint density at radius 1 is 1.25 bits per heavy atom. The van der Waals surface area contributed by atoms with Crippen molar-refractivity contribution in [3.63, 3.8) is 0 Å². The third-order valence-corrected chi connectivity index (χ3v) is 6.31. The van der Waals surface area contributed by atoms with Gasteiger partial charge in [0.2, 0.25) is 5.91 Å². The van der Waals surface area contributed by atoms with Crippen molar-refractivity contribution in [1.82, 2.24) is 20.0 Å². The topological polar surface area (TPSA) is 55.9 Å². The van der Waals surface area contributed by atoms with Gasteiger partial charge in [-0.15, -0.1) is 0 Å². The van der Waals surface area contributed by atoms with Crippen LogP contribution < -0.4 is 5.32 Å². The maximum absolute atomic E-state index is 13.6. The SMILES string of the molecule is CC(C)C(=O)N1CCN2C(=O)C3=CC4C=CNC4N3CC21c1ccc(F)cc1. The lowest BCUT2D eigenvalue weighted by molar-refractivity contribution is -0.157. The van der Waals surface area contributed by atoms with Crippen molar-refractivity contribution in [1.29, 1.82) is 0 Å². The number of carbonyl (C=O) groups is 2. The van der Waals surface area contributed by atoms with Gasteiger partial charge in [0.15, 0.2) is 5.66 Å². The number of nitrogens with zero attached hydrogens (tertiary/aromatic N) is 3. The Balaban J connectivity index is 1.66. The molecule has 2 saturated heterocycles. The van der Waals surface area contributed by atoms with Crippen LogP contribution in [0, 0.1) is 17.7 Å². The van der Waals surface area contributed by atoms with Crippen molar-refractivity contribution in [3.8, 4) is 0 Å². The van der Waals surface area contributed by atoms with Gasteiger partial charge in [-0.05, 0) is 24.4 Å². The lowest BCUT2D eigenvalue weighted by Gasteiger charge is -2.52. The molecular weight excluding hydrogens is 359 g/mol. The van der Waals surface area contributed by atoms with Gasteiger partial charge in [-0.1, -0.05) is 32.1 Å². The Bertz CT molecular complexity index is 909. The van der Waals surface area contributed by atoms with Gasteiger partial charge in [0.1, 0.15) is 17.7 Å². The molecule has 4 aliphatic heterocycles. The molecule has 6 nitrogen and oxygen atoms in total. The molecular formula is C21H23FN4O2. The largest absolute Gasteiger partial charge is 0.371 e. The molecule has 146 valence electrons. The summed E-state index contributed by atoms with van der Waals surface area (Å²) < 4.78 is 13.6. The number of nitrogens with one attached hydrogen (secondary N) is 1. The number of benzene rings is 1. The van der Waals surface area contributed by atoms with Crippen LogP contribution in [0.15, 0.2) is 48.3 Å². The first-order valence-corrected chi connectivity index (χ1v) is 9.74. The Kier molecular flexibility index (Phi) is 3.60. The highest BCUT2D eigenvalue weighted by atomic mass is 19.1. The quantitative estimate of drug-likeness (QED) is 0.844. The monoisotopic (exact) mass is 382 g/mol. The molecule has 28 heavy (non-hydrogen) atoms. The average molecular weight is 382 g/mol. The molecule has 3 unspecified atom stereocenters. The molecule has 5 rings (SSSR count). The molecule has 4 heterocycles. The van der Waals surface area contributed by atoms with Crippen molar-refractivity contribution < 1.29 is 14.0 Å². The van der Waals surface area contributed by atoms with Gasteiger partial charge in [0, 0.05) is 30.5 Å². The summed E-state index contributed by atoms with van der Waals surface area (Å²) in [7, 11) is 0. The lowest BCUT2D eigenvalue weighted by Crippen LogP contribution is -2.66. The minimum absolute atomic E-state index is 0.000285. The fourth-order valence-corrected chi connectivity index (χ4v) is 4.99. The van der Waals surface area contributed by atoms with Crippen molar-refractivity contribution in [3.05, 3.63) is 59.7 Å². The van der Waals surface area contributed by atoms with E-state index in [1.54, 1.807) is 17.0 Å². The number of halogens is 1. The highest BCUT2D eigenvalue weighted by molar-refractivity contribution is 5.96. The number of amides is 2. The predicted octanol–water partition coefficient (Wildman–Crippen LogP) is 1.58. The van der Waals surface area contributed by atoms with Crippen molar-refractivity contribution in [2.75, 3.05) is 19.6 Å². The van der Waals surface area contributed by atoms with E-state index in [1.807, 2.05) is 31.0 Å². The smallest absolute Gasteiger partial charge is 0.272 e. The van der Waals surface area contributed by atoms with Crippen LogP contribution in [0.5, 0.6) is 0 Å². The minimum atomic E-state index is -0.928. The second-order valence-electron chi connectivity index (χ2n) is 8.15. The molecule has 7 heteroatoms. The number of hydrogen-bond acceptors (Lipinski definition) is 4. The summed E-state index contributed by atoms with van der Waals surface area (Å²) in [5, 5.41) is 3.32. The van der Waals surface area contributed by atoms with Crippen molar-refractivity contribution >= 4 is 11.8 Å². The van der Waals surface area contributed by atoms with E-state index in [0.29, 0.717) is 25.3 Å². The molecule has 2 amide bonds. The fourth-order valence-electron chi connectivity index (χ4n) is 4.99. The van der Waals surface area contributed by atoms with Crippen molar-refractivity contribution in [2.45, 2.75) is 25.7 Å². The average Bonchev–Trinajstić information content (AvgIpc) is 3.36. The van der Waals surface area contributed by atoms with Crippen LogP contribution >= 0.6 is 0 Å². The van der Waals surface area contributed by atoms with Crippen LogP contribution in [0.25, 0.3) is 0 Å².